The molecule has 3 nitrogen and oxygen atoms in total. The fourth-order valence-electron chi connectivity index (χ4n) is 12.2. The highest BCUT2D eigenvalue weighted by atomic mass is 15.0. The van der Waals surface area contributed by atoms with Crippen LogP contribution >= 0.6 is 0 Å². The van der Waals surface area contributed by atoms with E-state index in [4.69, 9.17) is 15.0 Å². The molecule has 8 aromatic rings. The number of benzene rings is 7. The maximum atomic E-state index is 5.17. The van der Waals surface area contributed by atoms with Crippen LogP contribution in [0.5, 0.6) is 0 Å². The van der Waals surface area contributed by atoms with Gasteiger partial charge in [0.25, 0.3) is 0 Å². The molecule has 5 aliphatic carbocycles. The SMILES string of the molecule is Cc1cc(-c2ccc3c(c2)C2(c4ccc(-c5ccccc5)cc4-3)C3CC4CC(C3)CC2C4)c(-c2ccccc2)cc1-c1nc(-c2ccccc2)nc(-c2ccccc2)n1. The average Bonchev–Trinajstić information content (AvgIpc) is 3.58. The van der Waals surface area contributed by atoms with Crippen molar-refractivity contribution in [1.29, 1.82) is 0 Å². The number of aromatic nitrogens is 3. The minimum atomic E-state index is 0.0672. The van der Waals surface area contributed by atoms with E-state index in [0.717, 1.165) is 34.1 Å². The van der Waals surface area contributed by atoms with Crippen LogP contribution < -0.4 is 0 Å². The van der Waals surface area contributed by atoms with Crippen LogP contribution in [0.4, 0.5) is 0 Å². The maximum Gasteiger partial charge on any atom is 0.164 e. The molecule has 284 valence electrons. The van der Waals surface area contributed by atoms with Crippen LogP contribution in [0.1, 0.15) is 48.8 Å². The van der Waals surface area contributed by atoms with E-state index in [1.807, 2.05) is 36.4 Å². The van der Waals surface area contributed by atoms with E-state index in [1.165, 1.54) is 76.6 Å². The predicted molar refractivity (Wildman–Crippen MR) is 240 cm³/mol. The van der Waals surface area contributed by atoms with Gasteiger partial charge in [0.1, 0.15) is 0 Å². The highest BCUT2D eigenvalue weighted by Gasteiger charge is 2.61. The maximum absolute atomic E-state index is 5.17. The Balaban J connectivity index is 1.05. The Hall–Kier alpha value is -6.45. The summed E-state index contributed by atoms with van der Waals surface area (Å²) in [5.41, 5.74) is 17.7. The van der Waals surface area contributed by atoms with Crippen LogP contribution in [0.25, 0.3) is 78.7 Å². The Morgan fingerprint density at radius 2 is 0.864 bits per heavy atom. The van der Waals surface area contributed by atoms with E-state index in [-0.39, 0.29) is 5.41 Å². The second kappa shape index (κ2) is 13.6. The third kappa shape index (κ3) is 5.51. The summed E-state index contributed by atoms with van der Waals surface area (Å²) < 4.78 is 0. The summed E-state index contributed by atoms with van der Waals surface area (Å²) in [4.78, 5) is 15.3. The lowest BCUT2D eigenvalue weighted by atomic mass is 9.43. The number of aryl methyl sites for hydroxylation is 1. The van der Waals surface area contributed by atoms with E-state index in [0.29, 0.717) is 29.3 Å². The molecule has 0 atom stereocenters. The van der Waals surface area contributed by atoms with E-state index in [9.17, 15) is 0 Å². The molecule has 1 aromatic heterocycles. The zero-order chi connectivity index (χ0) is 39.1. The van der Waals surface area contributed by atoms with Crippen molar-refractivity contribution in [2.75, 3.05) is 0 Å². The molecular weight excluding hydrogens is 715 g/mol. The summed E-state index contributed by atoms with van der Waals surface area (Å²) in [6, 6.07) is 62.0. The Morgan fingerprint density at radius 1 is 0.356 bits per heavy atom. The number of fused-ring (bicyclic) bond motifs is 3. The monoisotopic (exact) mass is 759 g/mol. The molecule has 1 heterocycles. The molecule has 1 spiro atoms. The van der Waals surface area contributed by atoms with Crippen LogP contribution in [0.3, 0.4) is 0 Å². The summed E-state index contributed by atoms with van der Waals surface area (Å²) in [7, 11) is 0. The van der Waals surface area contributed by atoms with E-state index >= 15 is 0 Å². The zero-order valence-electron chi connectivity index (χ0n) is 33.4. The highest BCUT2D eigenvalue weighted by Crippen LogP contribution is 2.69. The molecule has 0 saturated heterocycles. The van der Waals surface area contributed by atoms with Gasteiger partial charge in [-0.3, -0.25) is 0 Å². The van der Waals surface area contributed by atoms with Crippen LogP contribution in [-0.2, 0) is 5.41 Å². The van der Waals surface area contributed by atoms with Crippen molar-refractivity contribution in [3.63, 3.8) is 0 Å². The van der Waals surface area contributed by atoms with Crippen LogP contribution in [-0.4, -0.2) is 15.0 Å². The van der Waals surface area contributed by atoms with Gasteiger partial charge in [0.05, 0.1) is 0 Å². The van der Waals surface area contributed by atoms with Gasteiger partial charge >= 0.3 is 0 Å². The van der Waals surface area contributed by atoms with Gasteiger partial charge in [0.15, 0.2) is 17.5 Å². The summed E-state index contributed by atoms with van der Waals surface area (Å²) in [6.07, 6.45) is 6.90. The quantitative estimate of drug-likeness (QED) is 0.169. The van der Waals surface area contributed by atoms with Crippen molar-refractivity contribution >= 4 is 0 Å². The van der Waals surface area contributed by atoms with E-state index in [2.05, 4.69) is 140 Å². The molecule has 5 aliphatic rings. The van der Waals surface area contributed by atoms with Gasteiger partial charge in [-0.05, 0) is 142 Å². The molecule has 3 heteroatoms. The molecule has 0 radical (unpaired) electrons. The van der Waals surface area contributed by atoms with Gasteiger partial charge < -0.3 is 0 Å². The third-order valence-electron chi connectivity index (χ3n) is 14.5. The van der Waals surface area contributed by atoms with Crippen molar-refractivity contribution in [3.05, 3.63) is 187 Å². The molecule has 0 aliphatic heterocycles. The topological polar surface area (TPSA) is 38.7 Å². The van der Waals surface area contributed by atoms with Crippen LogP contribution in [0.2, 0.25) is 0 Å². The fourth-order valence-corrected chi connectivity index (χ4v) is 12.2. The van der Waals surface area contributed by atoms with Crippen molar-refractivity contribution in [2.45, 2.75) is 44.4 Å². The Labute approximate surface area is 346 Å². The molecule has 4 bridgehead atoms. The second-order valence-electron chi connectivity index (χ2n) is 17.7. The van der Waals surface area contributed by atoms with Crippen molar-refractivity contribution < 1.29 is 0 Å². The molecular formula is C56H45N3. The molecule has 7 aromatic carbocycles. The minimum Gasteiger partial charge on any atom is -0.208 e. The lowest BCUT2D eigenvalue weighted by Gasteiger charge is -2.61. The van der Waals surface area contributed by atoms with Crippen molar-refractivity contribution in [1.82, 2.24) is 15.0 Å². The highest BCUT2D eigenvalue weighted by molar-refractivity contribution is 5.92. The second-order valence-corrected chi connectivity index (χ2v) is 17.7. The summed E-state index contributed by atoms with van der Waals surface area (Å²) >= 11 is 0. The zero-order valence-corrected chi connectivity index (χ0v) is 33.4. The van der Waals surface area contributed by atoms with Gasteiger partial charge in [0.2, 0.25) is 0 Å². The first kappa shape index (κ1) is 34.6. The minimum absolute atomic E-state index is 0.0672. The first-order chi connectivity index (χ1) is 29.1. The Kier molecular flexibility index (Phi) is 7.95. The van der Waals surface area contributed by atoms with E-state index < -0.39 is 0 Å². The third-order valence-corrected chi connectivity index (χ3v) is 14.5. The lowest BCUT2D eigenvalue weighted by Crippen LogP contribution is -2.55. The number of hydrogen-bond acceptors (Lipinski definition) is 3. The smallest absolute Gasteiger partial charge is 0.164 e. The average molecular weight is 760 g/mol. The number of hydrogen-bond donors (Lipinski definition) is 0. The molecule has 0 N–H and O–H groups in total. The number of nitrogens with zero attached hydrogens (tertiary/aromatic N) is 3. The largest absolute Gasteiger partial charge is 0.208 e. The molecule has 59 heavy (non-hydrogen) atoms. The van der Waals surface area contributed by atoms with Gasteiger partial charge in [-0.25, -0.2) is 15.0 Å². The van der Waals surface area contributed by atoms with Gasteiger partial charge in [0, 0.05) is 22.1 Å². The predicted octanol–water partition coefficient (Wildman–Crippen LogP) is 13.9. The molecule has 0 amide bonds. The first-order valence-corrected chi connectivity index (χ1v) is 21.5. The fraction of sp³-hybridized carbons (Fsp3) is 0.196. The van der Waals surface area contributed by atoms with Crippen molar-refractivity contribution in [3.8, 4) is 78.7 Å². The van der Waals surface area contributed by atoms with Crippen LogP contribution in [0, 0.1) is 30.6 Å². The van der Waals surface area contributed by atoms with E-state index in [1.54, 1.807) is 11.1 Å². The Morgan fingerprint density at radius 3 is 1.46 bits per heavy atom. The first-order valence-electron chi connectivity index (χ1n) is 21.5. The van der Waals surface area contributed by atoms with Gasteiger partial charge in [-0.15, -0.1) is 0 Å². The number of rotatable bonds is 6. The summed E-state index contributed by atoms with van der Waals surface area (Å²) in [5.74, 6) is 5.20. The van der Waals surface area contributed by atoms with Crippen LogP contribution in [0.15, 0.2) is 170 Å². The van der Waals surface area contributed by atoms with Crippen molar-refractivity contribution in [2.24, 2.45) is 23.7 Å². The lowest BCUT2D eigenvalue weighted by molar-refractivity contribution is -0.0399. The summed E-state index contributed by atoms with van der Waals surface area (Å²) in [6.45, 7) is 2.22. The molecule has 0 unspecified atom stereocenters. The molecule has 4 fully saturated rings. The molecule has 13 rings (SSSR count). The normalized spacial score (nSPS) is 22.1. The van der Waals surface area contributed by atoms with Gasteiger partial charge in [-0.1, -0.05) is 152 Å². The molecule has 4 saturated carbocycles. The summed E-state index contributed by atoms with van der Waals surface area (Å²) in [5, 5.41) is 0. The Bertz CT molecular complexity index is 2800. The van der Waals surface area contributed by atoms with Gasteiger partial charge in [-0.2, -0.15) is 0 Å². The standard InChI is InChI=1S/C56H45N3/c1-35-26-48(49(39-16-8-3-9-17-39)34-47(35)55-58-53(40-18-10-4-11-19-40)57-54(59-55)41-20-12-5-13-21-41)43-22-24-46-50-32-42(38-14-6-2-7-15-38)23-25-51(50)56(52(46)33-43)44-28-36-27-37(30-44)31-45(56)29-36/h2-26,32-34,36-37,44-45H,27-31H2,1H3.